The highest BCUT2D eigenvalue weighted by Crippen LogP contribution is 2.36. The summed E-state index contributed by atoms with van der Waals surface area (Å²) in [4.78, 5) is 23.9. The van der Waals surface area contributed by atoms with Gasteiger partial charge in [-0.2, -0.15) is 0 Å². The van der Waals surface area contributed by atoms with E-state index in [0.29, 0.717) is 19.3 Å². The molecule has 2 rings (SSSR count). The molecule has 96 valence electrons. The number of hydrogen-bond donors (Lipinski definition) is 1. The molecule has 1 fully saturated rings. The summed E-state index contributed by atoms with van der Waals surface area (Å²) in [5, 5.41) is 9.24. The van der Waals surface area contributed by atoms with Gasteiger partial charge in [0, 0.05) is 23.7 Å². The molecule has 0 radical (unpaired) electrons. The number of ketones is 1. The lowest BCUT2D eigenvalue weighted by Gasteiger charge is -2.28. The molecule has 1 saturated carbocycles. The highest BCUT2D eigenvalue weighted by molar-refractivity contribution is 7.98. The Kier molecular flexibility index (Phi) is 4.07. The lowest BCUT2D eigenvalue weighted by molar-refractivity contribution is -0.144. The van der Waals surface area contributed by atoms with Crippen LogP contribution in [0.1, 0.15) is 30.7 Å². The maximum atomic E-state index is 11.5. The van der Waals surface area contributed by atoms with Crippen molar-refractivity contribution in [2.45, 2.75) is 30.1 Å². The summed E-state index contributed by atoms with van der Waals surface area (Å²) >= 11 is 1.65. The number of carboxylic acids is 1. The third-order valence-electron chi connectivity index (χ3n) is 3.53. The molecule has 4 heteroatoms. The zero-order valence-electron chi connectivity index (χ0n) is 10.3. The molecular formula is C14H16O3S. The molecule has 0 amide bonds. The third kappa shape index (κ3) is 2.75. The van der Waals surface area contributed by atoms with Crippen LogP contribution in [0.5, 0.6) is 0 Å². The Hall–Kier alpha value is -1.29. The predicted molar refractivity (Wildman–Crippen MR) is 70.9 cm³/mol. The average molecular weight is 264 g/mol. The molecule has 0 aliphatic heterocycles. The number of carbonyl (C=O) groups is 2. The van der Waals surface area contributed by atoms with Gasteiger partial charge in [0.15, 0.2) is 0 Å². The topological polar surface area (TPSA) is 54.4 Å². The first-order chi connectivity index (χ1) is 8.61. The van der Waals surface area contributed by atoms with Gasteiger partial charge >= 0.3 is 5.97 Å². The number of Topliss-reactive ketones (excluding diaryl/α,β-unsaturated/α-hetero) is 1. The molecule has 0 aromatic heterocycles. The van der Waals surface area contributed by atoms with Gasteiger partial charge in [-0.05, 0) is 30.4 Å². The van der Waals surface area contributed by atoms with Crippen LogP contribution in [0.4, 0.5) is 0 Å². The minimum atomic E-state index is -0.790. The second kappa shape index (κ2) is 5.57. The van der Waals surface area contributed by atoms with Crippen molar-refractivity contribution in [3.05, 3.63) is 29.8 Å². The fraction of sp³-hybridized carbons (Fsp3) is 0.429. The van der Waals surface area contributed by atoms with Crippen molar-refractivity contribution in [1.82, 2.24) is 0 Å². The van der Waals surface area contributed by atoms with Gasteiger partial charge in [0.2, 0.25) is 0 Å². The molecule has 0 bridgehead atoms. The lowest BCUT2D eigenvalue weighted by Crippen LogP contribution is -2.29. The molecule has 0 heterocycles. The first-order valence-corrected chi connectivity index (χ1v) is 7.22. The van der Waals surface area contributed by atoms with Crippen LogP contribution in [-0.2, 0) is 9.59 Å². The van der Waals surface area contributed by atoms with Crippen LogP contribution in [0.2, 0.25) is 0 Å². The Balaban J connectivity index is 2.25. The summed E-state index contributed by atoms with van der Waals surface area (Å²) in [6.45, 7) is 0. The summed E-state index contributed by atoms with van der Waals surface area (Å²) in [5.41, 5.74) is 0.966. The second-order valence-corrected chi connectivity index (χ2v) is 5.49. The van der Waals surface area contributed by atoms with Crippen molar-refractivity contribution in [2.24, 2.45) is 5.92 Å². The van der Waals surface area contributed by atoms with Crippen LogP contribution in [-0.4, -0.2) is 23.1 Å². The monoisotopic (exact) mass is 264 g/mol. The van der Waals surface area contributed by atoms with Crippen LogP contribution in [0.3, 0.4) is 0 Å². The minimum absolute atomic E-state index is 0.167. The molecule has 18 heavy (non-hydrogen) atoms. The zero-order chi connectivity index (χ0) is 13.1. The predicted octanol–water partition coefficient (Wildman–Crippen LogP) is 2.95. The van der Waals surface area contributed by atoms with Crippen molar-refractivity contribution < 1.29 is 14.7 Å². The molecule has 1 aliphatic rings. The normalized spacial score (nSPS) is 23.9. The molecule has 1 N–H and O–H groups in total. The van der Waals surface area contributed by atoms with Crippen LogP contribution in [0.25, 0.3) is 0 Å². The van der Waals surface area contributed by atoms with E-state index in [0.717, 1.165) is 10.5 Å². The average Bonchev–Trinajstić information content (AvgIpc) is 2.38. The molecule has 3 nitrogen and oxygen atoms in total. The number of carbonyl (C=O) groups excluding carboxylic acids is 1. The summed E-state index contributed by atoms with van der Waals surface area (Å²) < 4.78 is 0. The Morgan fingerprint density at radius 3 is 2.56 bits per heavy atom. The highest BCUT2D eigenvalue weighted by Gasteiger charge is 2.35. The number of hydrogen-bond acceptors (Lipinski definition) is 3. The maximum absolute atomic E-state index is 11.5. The lowest BCUT2D eigenvalue weighted by atomic mass is 9.75. The molecule has 1 aromatic carbocycles. The van der Waals surface area contributed by atoms with Crippen LogP contribution < -0.4 is 0 Å². The quantitative estimate of drug-likeness (QED) is 0.853. The fourth-order valence-electron chi connectivity index (χ4n) is 2.50. The van der Waals surface area contributed by atoms with E-state index in [1.807, 2.05) is 30.5 Å². The Morgan fingerprint density at radius 1 is 1.33 bits per heavy atom. The molecule has 0 saturated heterocycles. The van der Waals surface area contributed by atoms with Gasteiger partial charge in [-0.25, -0.2) is 0 Å². The van der Waals surface area contributed by atoms with E-state index in [1.54, 1.807) is 11.8 Å². The second-order valence-electron chi connectivity index (χ2n) is 4.61. The van der Waals surface area contributed by atoms with Gasteiger partial charge in [0.05, 0.1) is 5.92 Å². The van der Waals surface area contributed by atoms with E-state index < -0.39 is 11.9 Å². The summed E-state index contributed by atoms with van der Waals surface area (Å²) in [6, 6.07) is 7.87. The first-order valence-electron chi connectivity index (χ1n) is 6.00. The highest BCUT2D eigenvalue weighted by atomic mass is 32.2. The molecule has 2 unspecified atom stereocenters. The summed E-state index contributed by atoms with van der Waals surface area (Å²) in [5.74, 6) is -1.21. The van der Waals surface area contributed by atoms with E-state index in [-0.39, 0.29) is 11.7 Å². The molecule has 1 aliphatic carbocycles. The van der Waals surface area contributed by atoms with Gasteiger partial charge < -0.3 is 5.11 Å². The van der Waals surface area contributed by atoms with E-state index in [9.17, 15) is 14.7 Å². The van der Waals surface area contributed by atoms with Crippen molar-refractivity contribution in [2.75, 3.05) is 6.26 Å². The van der Waals surface area contributed by atoms with E-state index in [1.165, 1.54) is 0 Å². The van der Waals surface area contributed by atoms with Crippen molar-refractivity contribution in [3.63, 3.8) is 0 Å². The molecule has 2 atom stereocenters. The fourth-order valence-corrected chi connectivity index (χ4v) is 2.91. The van der Waals surface area contributed by atoms with Gasteiger partial charge in [-0.1, -0.05) is 12.1 Å². The minimum Gasteiger partial charge on any atom is -0.481 e. The Labute approximate surface area is 111 Å². The maximum Gasteiger partial charge on any atom is 0.307 e. The Morgan fingerprint density at radius 2 is 2.00 bits per heavy atom. The van der Waals surface area contributed by atoms with Gasteiger partial charge in [-0.15, -0.1) is 11.8 Å². The summed E-state index contributed by atoms with van der Waals surface area (Å²) in [6.07, 6.45) is 3.22. The first kappa shape index (κ1) is 13.1. The third-order valence-corrected chi connectivity index (χ3v) is 4.27. The van der Waals surface area contributed by atoms with E-state index in [2.05, 4.69) is 0 Å². The van der Waals surface area contributed by atoms with E-state index in [4.69, 9.17) is 0 Å². The summed E-state index contributed by atoms with van der Waals surface area (Å²) in [7, 11) is 0. The number of benzene rings is 1. The molecule has 0 spiro atoms. The van der Waals surface area contributed by atoms with E-state index >= 15 is 0 Å². The number of carboxylic acid groups (broad SMARTS) is 1. The SMILES string of the molecule is CSc1ccc(C2CC(=O)CCC2C(=O)O)cc1. The largest absolute Gasteiger partial charge is 0.481 e. The van der Waals surface area contributed by atoms with Crippen molar-refractivity contribution >= 4 is 23.5 Å². The van der Waals surface area contributed by atoms with Crippen molar-refractivity contribution in [3.8, 4) is 0 Å². The van der Waals surface area contributed by atoms with Crippen molar-refractivity contribution in [1.29, 1.82) is 0 Å². The van der Waals surface area contributed by atoms with Crippen LogP contribution in [0.15, 0.2) is 29.2 Å². The smallest absolute Gasteiger partial charge is 0.307 e. The number of aliphatic carboxylic acids is 1. The van der Waals surface area contributed by atoms with Gasteiger partial charge in [0.25, 0.3) is 0 Å². The van der Waals surface area contributed by atoms with Gasteiger partial charge in [-0.3, -0.25) is 9.59 Å². The van der Waals surface area contributed by atoms with Gasteiger partial charge in [0.1, 0.15) is 5.78 Å². The standard InChI is InChI=1S/C14H16O3S/c1-18-11-5-2-9(3-6-11)13-8-10(15)4-7-12(13)14(16)17/h2-3,5-6,12-13H,4,7-8H2,1H3,(H,16,17). The molecule has 1 aromatic rings. The number of rotatable bonds is 3. The molecular weight excluding hydrogens is 248 g/mol. The van der Waals surface area contributed by atoms with Crippen LogP contribution in [0, 0.1) is 5.92 Å². The van der Waals surface area contributed by atoms with Crippen LogP contribution >= 0.6 is 11.8 Å². The number of thioether (sulfide) groups is 1. The Bertz CT molecular complexity index is 453. The zero-order valence-corrected chi connectivity index (χ0v) is 11.1.